The van der Waals surface area contributed by atoms with E-state index in [0.717, 1.165) is 37.6 Å². The number of carbonyl (C=O) groups is 4. The first-order valence-corrected chi connectivity index (χ1v) is 16.0. The maximum absolute atomic E-state index is 12.1. The van der Waals surface area contributed by atoms with Gasteiger partial charge in [0.2, 0.25) is 11.8 Å². The van der Waals surface area contributed by atoms with E-state index in [0.29, 0.717) is 13.1 Å². The second-order valence-corrected chi connectivity index (χ2v) is 13.5. The first kappa shape index (κ1) is 38.4. The molecule has 0 radical (unpaired) electrons. The molecule has 234 valence electrons. The van der Waals surface area contributed by atoms with Crippen molar-refractivity contribution in [2.24, 2.45) is 10.8 Å². The van der Waals surface area contributed by atoms with Gasteiger partial charge >= 0.3 is 11.9 Å². The third-order valence-corrected chi connectivity index (χ3v) is 8.24. The van der Waals surface area contributed by atoms with Crippen molar-refractivity contribution in [1.82, 2.24) is 21.3 Å². The van der Waals surface area contributed by atoms with Crippen LogP contribution in [0.5, 0.6) is 0 Å². The molecule has 2 atom stereocenters. The van der Waals surface area contributed by atoms with Crippen molar-refractivity contribution in [2.45, 2.75) is 66.6 Å². The van der Waals surface area contributed by atoms with Gasteiger partial charge in [0.15, 0.2) is 0 Å². The molecule has 12 nitrogen and oxygen atoms in total. The average Bonchev–Trinajstić information content (AvgIpc) is 2.88. The molecule has 2 amide bonds. The van der Waals surface area contributed by atoms with Crippen LogP contribution >= 0.6 is 21.6 Å². The quantitative estimate of drug-likeness (QED) is 0.0536. The number of esters is 2. The van der Waals surface area contributed by atoms with Crippen LogP contribution in [0.4, 0.5) is 0 Å². The minimum Gasteiger partial charge on any atom is -0.465 e. The van der Waals surface area contributed by atoms with Gasteiger partial charge in [0, 0.05) is 68.8 Å². The molecule has 6 N–H and O–H groups in total. The Morgan fingerprint density at radius 3 is 1.90 bits per heavy atom. The van der Waals surface area contributed by atoms with Gasteiger partial charge < -0.3 is 41.0 Å². The molecule has 0 rings (SSSR count). The van der Waals surface area contributed by atoms with Gasteiger partial charge in [-0.05, 0) is 19.5 Å². The number of rotatable bonds is 23. The van der Waals surface area contributed by atoms with E-state index in [1.165, 1.54) is 13.8 Å². The standard InChI is InChI=1S/C26H50N4O8S2/c1-19(31)37-17-25(3,4)21(33)16-28-10-7-9-27-12-14-39-40-15-13-29-22(34)8-11-30-24(36)23(35)26(5,6)18-38-20(2)32/h21,23,27-28,33,35H,7-18H2,1-6H3,(H,29,34)(H,30,36)/t21-,23-/m0/s1. The van der Waals surface area contributed by atoms with Gasteiger partial charge in [-0.3, -0.25) is 19.2 Å². The predicted octanol–water partition coefficient (Wildman–Crippen LogP) is 0.460. The van der Waals surface area contributed by atoms with E-state index in [9.17, 15) is 29.4 Å². The van der Waals surface area contributed by atoms with E-state index < -0.39 is 34.9 Å². The van der Waals surface area contributed by atoms with Crippen LogP contribution in [0.1, 0.15) is 54.4 Å². The molecule has 0 heterocycles. The third-order valence-electron chi connectivity index (χ3n) is 5.83. The van der Waals surface area contributed by atoms with Crippen molar-refractivity contribution >= 4 is 45.3 Å². The monoisotopic (exact) mass is 610 g/mol. The van der Waals surface area contributed by atoms with Crippen molar-refractivity contribution in [3.8, 4) is 0 Å². The number of hydrogen-bond acceptors (Lipinski definition) is 12. The second-order valence-electron chi connectivity index (χ2n) is 10.8. The average molecular weight is 611 g/mol. The van der Waals surface area contributed by atoms with Gasteiger partial charge in [0.05, 0.1) is 19.3 Å². The molecule has 0 saturated heterocycles. The summed E-state index contributed by atoms with van der Waals surface area (Å²) in [7, 11) is 3.39. The van der Waals surface area contributed by atoms with E-state index >= 15 is 0 Å². The Kier molecular flexibility index (Phi) is 20.3. The molecule has 40 heavy (non-hydrogen) atoms. The minimum atomic E-state index is -1.37. The van der Waals surface area contributed by atoms with Crippen molar-refractivity contribution in [3.63, 3.8) is 0 Å². The highest BCUT2D eigenvalue weighted by Gasteiger charge is 2.34. The number of aliphatic hydroxyl groups excluding tert-OH is 2. The number of carbonyl (C=O) groups excluding carboxylic acids is 4. The summed E-state index contributed by atoms with van der Waals surface area (Å²) in [5.41, 5.74) is -1.46. The van der Waals surface area contributed by atoms with Gasteiger partial charge in [-0.15, -0.1) is 0 Å². The molecule has 0 fully saturated rings. The lowest BCUT2D eigenvalue weighted by atomic mass is 9.87. The van der Waals surface area contributed by atoms with E-state index in [4.69, 9.17) is 9.47 Å². The molecule has 0 unspecified atom stereocenters. The van der Waals surface area contributed by atoms with E-state index in [2.05, 4.69) is 21.3 Å². The Balaban J connectivity index is 3.67. The number of ether oxygens (including phenoxy) is 2. The first-order valence-electron chi connectivity index (χ1n) is 13.5. The van der Waals surface area contributed by atoms with Crippen LogP contribution in [0.15, 0.2) is 0 Å². The molecule has 14 heteroatoms. The highest BCUT2D eigenvalue weighted by atomic mass is 33.1. The van der Waals surface area contributed by atoms with Gasteiger partial charge in [-0.25, -0.2) is 0 Å². The second kappa shape index (κ2) is 21.2. The number of amides is 2. The normalized spacial score (nSPS) is 13.3. The summed E-state index contributed by atoms with van der Waals surface area (Å²) in [6, 6.07) is 0. The van der Waals surface area contributed by atoms with Crippen LogP contribution < -0.4 is 21.3 Å². The fraction of sp³-hybridized carbons (Fsp3) is 0.846. The Morgan fingerprint density at radius 2 is 1.30 bits per heavy atom. The first-order chi connectivity index (χ1) is 18.7. The van der Waals surface area contributed by atoms with Crippen molar-refractivity contribution in [3.05, 3.63) is 0 Å². The Hall–Kier alpha value is -1.58. The van der Waals surface area contributed by atoms with Crippen molar-refractivity contribution in [2.75, 3.05) is 64.0 Å². The molecular weight excluding hydrogens is 560 g/mol. The number of aliphatic hydroxyl groups is 2. The largest absolute Gasteiger partial charge is 0.465 e. The lowest BCUT2D eigenvalue weighted by molar-refractivity contribution is -0.151. The minimum absolute atomic E-state index is 0.0899. The summed E-state index contributed by atoms with van der Waals surface area (Å²) >= 11 is 0. The fourth-order valence-corrected chi connectivity index (χ4v) is 4.89. The molecule has 0 aromatic rings. The zero-order chi connectivity index (χ0) is 30.6. The van der Waals surface area contributed by atoms with E-state index in [1.54, 1.807) is 35.4 Å². The summed E-state index contributed by atoms with van der Waals surface area (Å²) in [5, 5.41) is 32.4. The molecule has 0 aliphatic carbocycles. The topological polar surface area (TPSA) is 175 Å². The van der Waals surface area contributed by atoms with Crippen molar-refractivity contribution < 1.29 is 38.9 Å². The Bertz CT molecular complexity index is 771. The lowest BCUT2D eigenvalue weighted by Crippen LogP contribution is -2.46. The molecule has 0 bridgehead atoms. The maximum atomic E-state index is 12.1. The molecule has 0 saturated carbocycles. The maximum Gasteiger partial charge on any atom is 0.302 e. The van der Waals surface area contributed by atoms with E-state index in [1.807, 2.05) is 13.8 Å². The highest BCUT2D eigenvalue weighted by Crippen LogP contribution is 2.22. The highest BCUT2D eigenvalue weighted by molar-refractivity contribution is 8.76. The van der Waals surface area contributed by atoms with Crippen LogP contribution in [0.3, 0.4) is 0 Å². The van der Waals surface area contributed by atoms with Crippen LogP contribution in [-0.2, 0) is 28.7 Å². The van der Waals surface area contributed by atoms with Gasteiger partial charge in [0.1, 0.15) is 6.10 Å². The third kappa shape index (κ3) is 19.5. The Morgan fingerprint density at radius 1 is 0.750 bits per heavy atom. The van der Waals surface area contributed by atoms with Crippen molar-refractivity contribution in [1.29, 1.82) is 0 Å². The summed E-state index contributed by atoms with van der Waals surface area (Å²) in [5.74, 6) is 0.0488. The SMILES string of the molecule is CC(=O)OCC(C)(C)[C@@H](O)CNCCCNCCSSCCNC(=O)CCNC(=O)[C@H](O)C(C)(C)COC(C)=O. The van der Waals surface area contributed by atoms with Crippen LogP contribution in [-0.4, -0.2) is 110 Å². The zero-order valence-corrected chi connectivity index (χ0v) is 26.4. The molecule has 0 aliphatic rings. The Labute approximate surface area is 246 Å². The molecule has 0 aromatic carbocycles. The van der Waals surface area contributed by atoms with E-state index in [-0.39, 0.29) is 38.1 Å². The molecule has 0 aromatic heterocycles. The van der Waals surface area contributed by atoms with Gasteiger partial charge in [-0.2, -0.15) is 0 Å². The summed E-state index contributed by atoms with van der Waals surface area (Å²) < 4.78 is 9.90. The zero-order valence-electron chi connectivity index (χ0n) is 24.8. The lowest BCUT2D eigenvalue weighted by Gasteiger charge is -2.30. The van der Waals surface area contributed by atoms with Crippen LogP contribution in [0, 0.1) is 10.8 Å². The van der Waals surface area contributed by atoms with Gasteiger partial charge in [-0.1, -0.05) is 49.3 Å². The van der Waals surface area contributed by atoms with Gasteiger partial charge in [0.25, 0.3) is 0 Å². The van der Waals surface area contributed by atoms with Crippen LogP contribution in [0.25, 0.3) is 0 Å². The molecular formula is C26H50N4O8S2. The summed E-state index contributed by atoms with van der Waals surface area (Å²) in [6.07, 6.45) is -0.958. The number of hydrogen-bond donors (Lipinski definition) is 6. The smallest absolute Gasteiger partial charge is 0.302 e. The fourth-order valence-electron chi connectivity index (χ4n) is 3.03. The summed E-state index contributed by atoms with van der Waals surface area (Å²) in [4.78, 5) is 46.0. The molecule has 0 aliphatic heterocycles. The van der Waals surface area contributed by atoms with Crippen LogP contribution in [0.2, 0.25) is 0 Å². The summed E-state index contributed by atoms with van der Waals surface area (Å²) in [6.45, 7) is 13.2. The number of nitrogens with one attached hydrogen (secondary N) is 4. The predicted molar refractivity (Wildman–Crippen MR) is 159 cm³/mol. The molecule has 0 spiro atoms.